The lowest BCUT2D eigenvalue weighted by molar-refractivity contribution is 0.143. The molecular weight excluding hydrogens is 356 g/mol. The highest BCUT2D eigenvalue weighted by Crippen LogP contribution is 2.27. The average molecular weight is 382 g/mol. The molecule has 28 heavy (non-hydrogen) atoms. The maximum atomic E-state index is 11.2. The smallest absolute Gasteiger partial charge is 0.405 e. The van der Waals surface area contributed by atoms with Gasteiger partial charge in [-0.3, -0.25) is 0 Å². The Balaban J connectivity index is 1.81. The van der Waals surface area contributed by atoms with Crippen LogP contribution in [0.15, 0.2) is 42.7 Å². The minimum absolute atomic E-state index is 0.260. The topological polar surface area (TPSA) is 88.8 Å². The van der Waals surface area contributed by atoms with E-state index in [0.717, 1.165) is 28.2 Å². The number of carbonyl (C=O) groups is 1. The molecule has 0 spiro atoms. The van der Waals surface area contributed by atoms with E-state index < -0.39 is 11.6 Å². The number of benzene rings is 1. The Morgan fingerprint density at radius 1 is 1.29 bits per heavy atom. The molecule has 3 rings (SSSR count). The second-order valence-corrected chi connectivity index (χ2v) is 7.79. The van der Waals surface area contributed by atoms with Crippen molar-refractivity contribution in [3.05, 3.63) is 48.3 Å². The van der Waals surface area contributed by atoms with Crippen LogP contribution in [0.1, 0.15) is 32.8 Å². The van der Waals surface area contributed by atoms with E-state index in [1.54, 1.807) is 16.9 Å². The molecule has 0 fully saturated rings. The largest absolute Gasteiger partial charge is 0.491 e. The molecule has 0 saturated heterocycles. The Kier molecular flexibility index (Phi) is 5.53. The summed E-state index contributed by atoms with van der Waals surface area (Å²) < 4.78 is 7.80. The zero-order valence-corrected chi connectivity index (χ0v) is 16.6. The standard InChI is InChI=1S/C21H26N4O3/c1-14(2)12-21(4,24-20(26)27)13-28-18-6-5-16(11-15(18)3)17-7-9-22-19-8-10-23-25(17)19/h5-11,14,24H,12-13H2,1-4H3,(H,26,27). The zero-order chi connectivity index (χ0) is 20.3. The fraction of sp³-hybridized carbons (Fsp3) is 0.381. The van der Waals surface area contributed by atoms with Crippen LogP contribution in [0.3, 0.4) is 0 Å². The van der Waals surface area contributed by atoms with Crippen molar-refractivity contribution in [1.29, 1.82) is 0 Å². The van der Waals surface area contributed by atoms with Gasteiger partial charge in [0.1, 0.15) is 12.4 Å². The fourth-order valence-corrected chi connectivity index (χ4v) is 3.57. The summed E-state index contributed by atoms with van der Waals surface area (Å²) in [7, 11) is 0. The van der Waals surface area contributed by atoms with Crippen molar-refractivity contribution in [2.24, 2.45) is 5.92 Å². The molecule has 2 N–H and O–H groups in total. The monoisotopic (exact) mass is 382 g/mol. The summed E-state index contributed by atoms with van der Waals surface area (Å²) in [5, 5.41) is 16.1. The van der Waals surface area contributed by atoms with Gasteiger partial charge in [0, 0.05) is 17.8 Å². The molecule has 1 atom stereocenters. The van der Waals surface area contributed by atoms with E-state index >= 15 is 0 Å². The van der Waals surface area contributed by atoms with Gasteiger partial charge < -0.3 is 15.2 Å². The van der Waals surface area contributed by atoms with Crippen molar-refractivity contribution in [1.82, 2.24) is 19.9 Å². The zero-order valence-electron chi connectivity index (χ0n) is 16.6. The van der Waals surface area contributed by atoms with Crippen molar-refractivity contribution in [3.8, 4) is 17.0 Å². The number of ether oxygens (including phenoxy) is 1. The van der Waals surface area contributed by atoms with Crippen LogP contribution in [0.4, 0.5) is 4.79 Å². The average Bonchev–Trinajstić information content (AvgIpc) is 3.08. The predicted molar refractivity (Wildman–Crippen MR) is 108 cm³/mol. The lowest BCUT2D eigenvalue weighted by atomic mass is 9.91. The van der Waals surface area contributed by atoms with E-state index in [2.05, 4.69) is 29.2 Å². The number of rotatable bonds is 7. The summed E-state index contributed by atoms with van der Waals surface area (Å²) in [5.41, 5.74) is 3.06. The summed E-state index contributed by atoms with van der Waals surface area (Å²) in [5.74, 6) is 1.07. The number of aryl methyl sites for hydroxylation is 1. The van der Waals surface area contributed by atoms with Crippen LogP contribution in [-0.2, 0) is 0 Å². The molecule has 148 valence electrons. The molecule has 0 aliphatic heterocycles. The quantitative estimate of drug-likeness (QED) is 0.641. The highest BCUT2D eigenvalue weighted by molar-refractivity contribution is 5.66. The molecule has 0 aliphatic carbocycles. The highest BCUT2D eigenvalue weighted by atomic mass is 16.5. The number of hydrogen-bond donors (Lipinski definition) is 2. The Morgan fingerprint density at radius 3 is 2.75 bits per heavy atom. The van der Waals surface area contributed by atoms with E-state index in [0.29, 0.717) is 12.3 Å². The number of hydrogen-bond acceptors (Lipinski definition) is 4. The van der Waals surface area contributed by atoms with Crippen molar-refractivity contribution in [2.75, 3.05) is 6.61 Å². The molecule has 2 aromatic heterocycles. The summed E-state index contributed by atoms with van der Waals surface area (Å²) in [6, 6.07) is 9.71. The maximum Gasteiger partial charge on any atom is 0.405 e. The van der Waals surface area contributed by atoms with Gasteiger partial charge in [-0.2, -0.15) is 5.10 Å². The molecule has 0 aliphatic rings. The third kappa shape index (κ3) is 4.42. The first-order valence-corrected chi connectivity index (χ1v) is 9.31. The molecule has 7 nitrogen and oxygen atoms in total. The Hall–Kier alpha value is -3.09. The minimum Gasteiger partial charge on any atom is -0.491 e. The summed E-state index contributed by atoms with van der Waals surface area (Å²) >= 11 is 0. The molecule has 0 saturated carbocycles. The van der Waals surface area contributed by atoms with Crippen molar-refractivity contribution in [2.45, 2.75) is 39.7 Å². The van der Waals surface area contributed by atoms with Gasteiger partial charge in [-0.15, -0.1) is 0 Å². The molecule has 0 bridgehead atoms. The van der Waals surface area contributed by atoms with Gasteiger partial charge in [-0.1, -0.05) is 13.8 Å². The number of aromatic nitrogens is 3. The number of carboxylic acid groups (broad SMARTS) is 1. The van der Waals surface area contributed by atoms with Crippen molar-refractivity contribution >= 4 is 11.7 Å². The second-order valence-electron chi connectivity index (χ2n) is 7.79. The second kappa shape index (κ2) is 7.88. The van der Waals surface area contributed by atoms with Crippen LogP contribution >= 0.6 is 0 Å². The van der Waals surface area contributed by atoms with Crippen molar-refractivity contribution < 1.29 is 14.6 Å². The summed E-state index contributed by atoms with van der Waals surface area (Å²) in [4.78, 5) is 15.5. The van der Waals surface area contributed by atoms with E-state index in [1.807, 2.05) is 44.2 Å². The van der Waals surface area contributed by atoms with Gasteiger partial charge in [0.15, 0.2) is 5.65 Å². The van der Waals surface area contributed by atoms with Crippen LogP contribution < -0.4 is 10.1 Å². The van der Waals surface area contributed by atoms with Crippen molar-refractivity contribution in [3.63, 3.8) is 0 Å². The Morgan fingerprint density at radius 2 is 2.07 bits per heavy atom. The van der Waals surface area contributed by atoms with Gasteiger partial charge in [-0.25, -0.2) is 14.3 Å². The van der Waals surface area contributed by atoms with E-state index in [-0.39, 0.29) is 6.61 Å². The lowest BCUT2D eigenvalue weighted by Gasteiger charge is -2.31. The van der Waals surface area contributed by atoms with E-state index in [1.165, 1.54) is 0 Å². The van der Waals surface area contributed by atoms with Crippen LogP contribution in [0.5, 0.6) is 5.75 Å². The van der Waals surface area contributed by atoms with Crippen LogP contribution in [0, 0.1) is 12.8 Å². The molecule has 7 heteroatoms. The molecular formula is C21H26N4O3. The molecule has 1 aromatic carbocycles. The first-order chi connectivity index (χ1) is 13.3. The number of nitrogens with one attached hydrogen (secondary N) is 1. The molecule has 0 radical (unpaired) electrons. The third-order valence-electron chi connectivity index (χ3n) is 4.57. The molecule has 1 unspecified atom stereocenters. The van der Waals surface area contributed by atoms with Gasteiger partial charge >= 0.3 is 6.09 Å². The third-order valence-corrected chi connectivity index (χ3v) is 4.57. The van der Waals surface area contributed by atoms with Crippen LogP contribution in [0.25, 0.3) is 16.9 Å². The van der Waals surface area contributed by atoms with Gasteiger partial charge in [0.25, 0.3) is 0 Å². The van der Waals surface area contributed by atoms with Gasteiger partial charge in [0.2, 0.25) is 0 Å². The summed E-state index contributed by atoms with van der Waals surface area (Å²) in [6.45, 7) is 8.23. The fourth-order valence-electron chi connectivity index (χ4n) is 3.57. The number of nitrogens with zero attached hydrogens (tertiary/aromatic N) is 3. The Bertz CT molecular complexity index is 983. The van der Waals surface area contributed by atoms with Crippen LogP contribution in [0.2, 0.25) is 0 Å². The number of fused-ring (bicyclic) bond motifs is 1. The van der Waals surface area contributed by atoms with Gasteiger partial charge in [0.05, 0.1) is 17.4 Å². The molecule has 3 aromatic rings. The number of amides is 1. The first-order valence-electron chi connectivity index (χ1n) is 9.31. The Labute approximate surface area is 164 Å². The predicted octanol–water partition coefficient (Wildman–Crippen LogP) is 4.16. The lowest BCUT2D eigenvalue weighted by Crippen LogP contribution is -2.50. The molecule has 2 heterocycles. The van der Waals surface area contributed by atoms with E-state index in [4.69, 9.17) is 9.84 Å². The minimum atomic E-state index is -1.04. The highest BCUT2D eigenvalue weighted by Gasteiger charge is 2.28. The maximum absolute atomic E-state index is 11.2. The van der Waals surface area contributed by atoms with Crippen LogP contribution in [-0.4, -0.2) is 37.9 Å². The summed E-state index contributed by atoms with van der Waals surface area (Å²) in [6.07, 6.45) is 3.13. The first kappa shape index (κ1) is 19.7. The van der Waals surface area contributed by atoms with E-state index in [9.17, 15) is 4.79 Å². The normalized spacial score (nSPS) is 13.5. The van der Waals surface area contributed by atoms with Gasteiger partial charge in [-0.05, 0) is 56.0 Å². The SMILES string of the molecule is Cc1cc(-c2ccnc3ccnn23)ccc1OCC(C)(CC(C)C)NC(=O)O. The molecule has 1 amide bonds.